The van der Waals surface area contributed by atoms with E-state index in [2.05, 4.69) is 16.0 Å². The molecule has 1 fully saturated rings. The average molecular weight is 501 g/mol. The predicted octanol–water partition coefficient (Wildman–Crippen LogP) is 0.737. The van der Waals surface area contributed by atoms with E-state index in [0.717, 1.165) is 5.56 Å². The molecule has 0 saturated carbocycles. The quantitative estimate of drug-likeness (QED) is 0.108. The number of amides is 4. The summed E-state index contributed by atoms with van der Waals surface area (Å²) in [6, 6.07) is 6.97. The van der Waals surface area contributed by atoms with Crippen molar-refractivity contribution >= 4 is 40.7 Å². The maximum atomic E-state index is 12.6. The van der Waals surface area contributed by atoms with Gasteiger partial charge in [-0.15, -0.1) is 5.06 Å². The van der Waals surface area contributed by atoms with Crippen LogP contribution in [0.2, 0.25) is 0 Å². The Morgan fingerprint density at radius 1 is 1.08 bits per heavy atom. The number of imide groups is 1. The molecular formula is C23H28N6O7. The highest BCUT2D eigenvalue weighted by atomic mass is 16.7. The summed E-state index contributed by atoms with van der Waals surface area (Å²) in [5, 5.41) is 15.7. The van der Waals surface area contributed by atoms with Gasteiger partial charge in [-0.1, -0.05) is 26.0 Å². The van der Waals surface area contributed by atoms with Crippen LogP contribution in [0, 0.1) is 5.41 Å². The van der Waals surface area contributed by atoms with Crippen molar-refractivity contribution in [2.75, 3.05) is 13.2 Å². The zero-order valence-electron chi connectivity index (χ0n) is 19.9. The number of guanidine groups is 1. The van der Waals surface area contributed by atoms with Crippen molar-refractivity contribution in [3.05, 3.63) is 45.8 Å². The van der Waals surface area contributed by atoms with Gasteiger partial charge < -0.3 is 30.9 Å². The molecular weight excluding hydrogens is 472 g/mol. The fraction of sp³-hybridized carbons (Fsp3) is 0.391. The molecule has 0 spiro atoms. The zero-order chi connectivity index (χ0) is 26.4. The van der Waals surface area contributed by atoms with Crippen LogP contribution in [0.3, 0.4) is 0 Å². The highest BCUT2D eigenvalue weighted by Crippen LogP contribution is 2.24. The summed E-state index contributed by atoms with van der Waals surface area (Å²) in [6.45, 7) is 3.73. The van der Waals surface area contributed by atoms with Crippen LogP contribution in [0.4, 0.5) is 4.79 Å². The first-order valence-electron chi connectivity index (χ1n) is 11.3. The second-order valence-electron chi connectivity index (χ2n) is 8.50. The Balaban J connectivity index is 1.61. The van der Waals surface area contributed by atoms with Gasteiger partial charge in [-0.3, -0.25) is 19.8 Å². The van der Waals surface area contributed by atoms with Gasteiger partial charge in [-0.05, 0) is 29.5 Å². The Hall–Kier alpha value is -4.42. The van der Waals surface area contributed by atoms with Crippen molar-refractivity contribution in [3.63, 3.8) is 0 Å². The van der Waals surface area contributed by atoms with Gasteiger partial charge in [0, 0.05) is 36.8 Å². The van der Waals surface area contributed by atoms with Crippen molar-refractivity contribution in [2.45, 2.75) is 44.9 Å². The lowest BCUT2D eigenvalue weighted by molar-refractivity contribution is -0.171. The Morgan fingerprint density at radius 2 is 1.78 bits per heavy atom. The molecule has 1 aliphatic rings. The summed E-state index contributed by atoms with van der Waals surface area (Å²) in [5.74, 6) is -2.32. The maximum Gasteiger partial charge on any atom is 0.432 e. The summed E-state index contributed by atoms with van der Waals surface area (Å²) < 4.78 is 5.50. The van der Waals surface area contributed by atoms with E-state index in [1.165, 1.54) is 0 Å². The number of nitrogens with zero attached hydrogens (tertiary/aromatic N) is 1. The van der Waals surface area contributed by atoms with Gasteiger partial charge in [0.1, 0.15) is 5.58 Å². The van der Waals surface area contributed by atoms with Crippen molar-refractivity contribution in [1.82, 2.24) is 21.0 Å². The summed E-state index contributed by atoms with van der Waals surface area (Å²) >= 11 is 0. The molecule has 6 N–H and O–H groups in total. The maximum absolute atomic E-state index is 12.6. The van der Waals surface area contributed by atoms with E-state index in [-0.39, 0.29) is 50.3 Å². The highest BCUT2D eigenvalue weighted by molar-refractivity contribution is 6.01. The third kappa shape index (κ3) is 6.58. The number of benzene rings is 1. The standard InChI is InChI=1S/C23H28N6O7/c1-12(7-18(30)27-11-28-22(24)25)16-8-15-4-3-14(9-17(15)35-21(16)33)13(2)10-26-23(34)36-29-19(31)5-6-20(29)32/h3-4,8-9,12-13H,5-7,10-11H2,1-2H3,(H,26,34)(H,27,30)(H4,24,25,28). The average Bonchev–Trinajstić information content (AvgIpc) is 3.13. The number of hydrogen-bond acceptors (Lipinski definition) is 8. The molecule has 1 aromatic heterocycles. The largest absolute Gasteiger partial charge is 0.432 e. The molecule has 1 aliphatic heterocycles. The minimum absolute atomic E-state index is 0.00919. The number of carbonyl (C=O) groups excluding carboxylic acids is 4. The number of fused-ring (bicyclic) bond motifs is 1. The van der Waals surface area contributed by atoms with Crippen LogP contribution in [0.15, 0.2) is 33.5 Å². The molecule has 192 valence electrons. The Kier molecular flexibility index (Phi) is 8.25. The van der Waals surface area contributed by atoms with Crippen LogP contribution in [-0.2, 0) is 19.2 Å². The van der Waals surface area contributed by atoms with E-state index in [0.29, 0.717) is 21.6 Å². The third-order valence-electron chi connectivity index (χ3n) is 5.68. The van der Waals surface area contributed by atoms with E-state index in [1.807, 2.05) is 13.0 Å². The lowest BCUT2D eigenvalue weighted by atomic mass is 9.96. The van der Waals surface area contributed by atoms with E-state index in [1.54, 1.807) is 25.1 Å². The summed E-state index contributed by atoms with van der Waals surface area (Å²) in [4.78, 5) is 64.5. The van der Waals surface area contributed by atoms with Gasteiger partial charge >= 0.3 is 11.7 Å². The molecule has 1 saturated heterocycles. The highest BCUT2D eigenvalue weighted by Gasteiger charge is 2.32. The first kappa shape index (κ1) is 26.2. The summed E-state index contributed by atoms with van der Waals surface area (Å²) in [5.41, 5.74) is 6.09. The van der Waals surface area contributed by atoms with Crippen LogP contribution in [0.5, 0.6) is 0 Å². The van der Waals surface area contributed by atoms with Gasteiger partial charge in [0.05, 0.1) is 6.67 Å². The van der Waals surface area contributed by atoms with Gasteiger partial charge in [0.2, 0.25) is 5.91 Å². The lowest BCUT2D eigenvalue weighted by Crippen LogP contribution is -2.40. The van der Waals surface area contributed by atoms with E-state index in [9.17, 15) is 24.0 Å². The predicted molar refractivity (Wildman–Crippen MR) is 128 cm³/mol. The molecule has 0 bridgehead atoms. The second-order valence-corrected chi connectivity index (χ2v) is 8.50. The SMILES string of the molecule is CC(CNC(=O)ON1C(=O)CCC1=O)c1ccc2cc(C(C)CC(=O)NCNC(=N)N)c(=O)oc2c1. The Morgan fingerprint density at radius 3 is 2.44 bits per heavy atom. The Bertz CT molecular complexity index is 1240. The van der Waals surface area contributed by atoms with Crippen LogP contribution in [-0.4, -0.2) is 48.1 Å². The molecule has 1 aromatic carbocycles. The second kappa shape index (κ2) is 11.3. The van der Waals surface area contributed by atoms with Crippen molar-refractivity contribution in [2.24, 2.45) is 5.73 Å². The number of nitrogens with one attached hydrogen (secondary N) is 4. The van der Waals surface area contributed by atoms with Gasteiger partial charge in [0.15, 0.2) is 5.96 Å². The molecule has 2 atom stereocenters. The fourth-order valence-electron chi connectivity index (χ4n) is 3.62. The minimum atomic E-state index is -0.919. The monoisotopic (exact) mass is 500 g/mol. The molecule has 3 rings (SSSR count). The van der Waals surface area contributed by atoms with Crippen LogP contribution in [0.1, 0.15) is 56.1 Å². The van der Waals surface area contributed by atoms with Crippen molar-refractivity contribution < 1.29 is 28.4 Å². The van der Waals surface area contributed by atoms with E-state index < -0.39 is 29.5 Å². The number of nitrogens with two attached hydrogens (primary N) is 1. The van der Waals surface area contributed by atoms with Crippen molar-refractivity contribution in [3.8, 4) is 0 Å². The first-order chi connectivity index (χ1) is 17.0. The fourth-order valence-corrected chi connectivity index (χ4v) is 3.62. The number of carbonyl (C=O) groups is 4. The molecule has 4 amide bonds. The topological polar surface area (TPSA) is 197 Å². The van der Waals surface area contributed by atoms with E-state index >= 15 is 0 Å². The van der Waals surface area contributed by atoms with Crippen LogP contribution < -0.4 is 27.3 Å². The number of rotatable bonds is 9. The minimum Gasteiger partial charge on any atom is -0.423 e. The smallest absolute Gasteiger partial charge is 0.423 e. The third-order valence-corrected chi connectivity index (χ3v) is 5.68. The van der Waals surface area contributed by atoms with Gasteiger partial charge in [0.25, 0.3) is 11.8 Å². The summed E-state index contributed by atoms with van der Waals surface area (Å²) in [7, 11) is 0. The van der Waals surface area contributed by atoms with Gasteiger partial charge in [-0.2, -0.15) is 0 Å². The molecule has 0 radical (unpaired) electrons. The summed E-state index contributed by atoms with van der Waals surface area (Å²) in [6.07, 6.45) is -0.854. The molecule has 2 aromatic rings. The van der Waals surface area contributed by atoms with Crippen LogP contribution >= 0.6 is 0 Å². The molecule has 2 heterocycles. The van der Waals surface area contributed by atoms with Gasteiger partial charge in [-0.25, -0.2) is 9.59 Å². The lowest BCUT2D eigenvalue weighted by Gasteiger charge is -2.16. The van der Waals surface area contributed by atoms with Crippen LogP contribution in [0.25, 0.3) is 11.0 Å². The van der Waals surface area contributed by atoms with Crippen molar-refractivity contribution in [1.29, 1.82) is 5.41 Å². The van der Waals surface area contributed by atoms with E-state index in [4.69, 9.17) is 20.4 Å². The molecule has 13 heteroatoms. The molecule has 0 aliphatic carbocycles. The normalized spacial score (nSPS) is 14.9. The molecule has 13 nitrogen and oxygen atoms in total. The molecule has 2 unspecified atom stereocenters. The molecule has 36 heavy (non-hydrogen) atoms. The first-order valence-corrected chi connectivity index (χ1v) is 11.3. The number of hydroxylamine groups is 2. The Labute approximate surface area is 205 Å². The number of hydrogen-bond donors (Lipinski definition) is 5. The zero-order valence-corrected chi connectivity index (χ0v) is 19.9.